The van der Waals surface area contributed by atoms with E-state index in [4.69, 9.17) is 0 Å². The van der Waals surface area contributed by atoms with Gasteiger partial charge in [0.1, 0.15) is 0 Å². The molecule has 23 heavy (non-hydrogen) atoms. The summed E-state index contributed by atoms with van der Waals surface area (Å²) in [5, 5.41) is 3.90. The van der Waals surface area contributed by atoms with Crippen LogP contribution in [-0.4, -0.2) is 9.97 Å². The van der Waals surface area contributed by atoms with E-state index in [1.807, 2.05) is 18.2 Å². The lowest BCUT2D eigenvalue weighted by Gasteiger charge is -2.13. The fourth-order valence-electron chi connectivity index (χ4n) is 2.38. The molecule has 0 aliphatic carbocycles. The molecule has 0 atom stereocenters. The van der Waals surface area contributed by atoms with Crippen LogP contribution < -0.4 is 5.32 Å². The lowest BCUT2D eigenvalue weighted by Crippen LogP contribution is -2.06. The van der Waals surface area contributed by atoms with Gasteiger partial charge in [0.05, 0.1) is 11.1 Å². The number of aryl methyl sites for hydroxylation is 1. The fourth-order valence-corrected chi connectivity index (χ4v) is 2.38. The van der Waals surface area contributed by atoms with Crippen molar-refractivity contribution < 1.29 is 13.2 Å². The average Bonchev–Trinajstić information content (AvgIpc) is 2.52. The van der Waals surface area contributed by atoms with Crippen molar-refractivity contribution in [2.24, 2.45) is 0 Å². The standard InChI is InChI=1S/C17H14F3N3/c1-11-7-15(22-10-12-3-2-6-21-9-12)14-5-4-13(17(18,19)20)8-16(14)23-11/h2-9H,10H2,1H3,(H,22,23). The molecule has 0 unspecified atom stereocenters. The van der Waals surface area contributed by atoms with E-state index in [-0.39, 0.29) is 0 Å². The zero-order valence-corrected chi connectivity index (χ0v) is 12.4. The highest BCUT2D eigenvalue weighted by Gasteiger charge is 2.30. The van der Waals surface area contributed by atoms with Gasteiger partial charge in [-0.1, -0.05) is 12.1 Å². The zero-order valence-electron chi connectivity index (χ0n) is 12.4. The Bertz CT molecular complexity index is 830. The number of aromatic nitrogens is 2. The molecule has 0 fully saturated rings. The van der Waals surface area contributed by atoms with Crippen LogP contribution in [0.4, 0.5) is 18.9 Å². The first-order valence-corrected chi connectivity index (χ1v) is 7.05. The van der Waals surface area contributed by atoms with Crippen LogP contribution in [0.2, 0.25) is 0 Å². The Hall–Kier alpha value is -2.63. The summed E-state index contributed by atoms with van der Waals surface area (Å²) < 4.78 is 38.5. The van der Waals surface area contributed by atoms with Crippen molar-refractivity contribution >= 4 is 16.6 Å². The molecule has 0 bridgehead atoms. The summed E-state index contributed by atoms with van der Waals surface area (Å²) in [6.07, 6.45) is -0.942. The van der Waals surface area contributed by atoms with Gasteiger partial charge in [-0.25, -0.2) is 0 Å². The lowest BCUT2D eigenvalue weighted by atomic mass is 10.1. The van der Waals surface area contributed by atoms with E-state index in [2.05, 4.69) is 15.3 Å². The van der Waals surface area contributed by atoms with E-state index < -0.39 is 11.7 Å². The predicted molar refractivity (Wildman–Crippen MR) is 83.0 cm³/mol. The summed E-state index contributed by atoms with van der Waals surface area (Å²) in [4.78, 5) is 8.25. The van der Waals surface area contributed by atoms with Crippen molar-refractivity contribution in [1.82, 2.24) is 9.97 Å². The molecule has 0 saturated heterocycles. The van der Waals surface area contributed by atoms with Crippen molar-refractivity contribution in [3.63, 3.8) is 0 Å². The Kier molecular flexibility index (Phi) is 3.90. The number of nitrogens with zero attached hydrogens (tertiary/aromatic N) is 2. The molecule has 0 aliphatic rings. The number of pyridine rings is 2. The minimum absolute atomic E-state index is 0.327. The number of hydrogen-bond donors (Lipinski definition) is 1. The SMILES string of the molecule is Cc1cc(NCc2cccnc2)c2ccc(C(F)(F)F)cc2n1. The Morgan fingerprint density at radius 1 is 1.13 bits per heavy atom. The van der Waals surface area contributed by atoms with Gasteiger partial charge in [0.2, 0.25) is 0 Å². The molecule has 0 radical (unpaired) electrons. The van der Waals surface area contributed by atoms with E-state index in [0.717, 1.165) is 23.4 Å². The van der Waals surface area contributed by atoms with Crippen molar-refractivity contribution in [3.05, 3.63) is 65.6 Å². The Balaban J connectivity index is 1.97. The smallest absolute Gasteiger partial charge is 0.380 e. The second-order valence-corrected chi connectivity index (χ2v) is 5.26. The van der Waals surface area contributed by atoms with Crippen molar-refractivity contribution in [2.75, 3.05) is 5.32 Å². The van der Waals surface area contributed by atoms with E-state index >= 15 is 0 Å². The normalized spacial score (nSPS) is 11.7. The molecule has 3 rings (SSSR count). The quantitative estimate of drug-likeness (QED) is 0.769. The molecule has 3 aromatic rings. The lowest BCUT2D eigenvalue weighted by molar-refractivity contribution is -0.137. The number of anilines is 1. The molecule has 0 spiro atoms. The summed E-state index contributed by atoms with van der Waals surface area (Å²) in [6.45, 7) is 2.29. The molecule has 0 saturated carbocycles. The Morgan fingerprint density at radius 2 is 1.96 bits per heavy atom. The molecule has 118 valence electrons. The Labute approximate surface area is 131 Å². The molecular formula is C17H14F3N3. The second-order valence-electron chi connectivity index (χ2n) is 5.26. The third kappa shape index (κ3) is 3.41. The maximum atomic E-state index is 12.8. The topological polar surface area (TPSA) is 37.8 Å². The first-order valence-electron chi connectivity index (χ1n) is 7.05. The van der Waals surface area contributed by atoms with E-state index in [1.54, 1.807) is 19.3 Å². The number of halogens is 3. The van der Waals surface area contributed by atoms with Crippen LogP contribution in [0.15, 0.2) is 48.8 Å². The van der Waals surface area contributed by atoms with Gasteiger partial charge in [-0.05, 0) is 36.8 Å². The van der Waals surface area contributed by atoms with Crippen LogP contribution in [-0.2, 0) is 12.7 Å². The monoisotopic (exact) mass is 317 g/mol. The number of benzene rings is 1. The minimum atomic E-state index is -4.37. The number of nitrogens with one attached hydrogen (secondary N) is 1. The summed E-state index contributed by atoms with van der Waals surface area (Å²) in [5.74, 6) is 0. The average molecular weight is 317 g/mol. The van der Waals surface area contributed by atoms with Gasteiger partial charge >= 0.3 is 6.18 Å². The third-order valence-electron chi connectivity index (χ3n) is 3.47. The minimum Gasteiger partial charge on any atom is -0.380 e. The first-order chi connectivity index (χ1) is 10.9. The van der Waals surface area contributed by atoms with Crippen LogP contribution in [0.1, 0.15) is 16.8 Å². The van der Waals surface area contributed by atoms with Gasteiger partial charge in [-0.2, -0.15) is 13.2 Å². The fraction of sp³-hybridized carbons (Fsp3) is 0.176. The van der Waals surface area contributed by atoms with E-state index in [1.165, 1.54) is 6.07 Å². The summed E-state index contributed by atoms with van der Waals surface area (Å²) in [7, 11) is 0. The zero-order chi connectivity index (χ0) is 16.4. The highest BCUT2D eigenvalue weighted by molar-refractivity contribution is 5.92. The van der Waals surface area contributed by atoms with Gasteiger partial charge in [-0.3, -0.25) is 9.97 Å². The number of hydrogen-bond acceptors (Lipinski definition) is 3. The van der Waals surface area contributed by atoms with E-state index in [0.29, 0.717) is 23.1 Å². The van der Waals surface area contributed by atoms with Gasteiger partial charge in [0, 0.05) is 35.7 Å². The molecule has 0 amide bonds. The second kappa shape index (κ2) is 5.87. The largest absolute Gasteiger partial charge is 0.416 e. The highest BCUT2D eigenvalue weighted by Crippen LogP contribution is 2.33. The Morgan fingerprint density at radius 3 is 2.65 bits per heavy atom. The van der Waals surface area contributed by atoms with Crippen molar-refractivity contribution in [1.29, 1.82) is 0 Å². The number of rotatable bonds is 3. The van der Waals surface area contributed by atoms with Crippen LogP contribution in [0.25, 0.3) is 10.9 Å². The van der Waals surface area contributed by atoms with Crippen LogP contribution in [0, 0.1) is 6.92 Å². The maximum absolute atomic E-state index is 12.8. The molecule has 3 nitrogen and oxygen atoms in total. The van der Waals surface area contributed by atoms with Gasteiger partial charge in [0.25, 0.3) is 0 Å². The summed E-state index contributed by atoms with van der Waals surface area (Å²) in [6, 6.07) is 9.20. The van der Waals surface area contributed by atoms with Crippen molar-refractivity contribution in [2.45, 2.75) is 19.6 Å². The van der Waals surface area contributed by atoms with Crippen LogP contribution in [0.3, 0.4) is 0 Å². The molecule has 1 aromatic carbocycles. The number of alkyl halides is 3. The molecule has 2 aromatic heterocycles. The summed E-state index contributed by atoms with van der Waals surface area (Å²) >= 11 is 0. The molecule has 0 aliphatic heterocycles. The van der Waals surface area contributed by atoms with Gasteiger partial charge < -0.3 is 5.32 Å². The highest BCUT2D eigenvalue weighted by atomic mass is 19.4. The molecule has 2 heterocycles. The van der Waals surface area contributed by atoms with Crippen LogP contribution >= 0.6 is 0 Å². The predicted octanol–water partition coefficient (Wildman–Crippen LogP) is 4.57. The van der Waals surface area contributed by atoms with E-state index in [9.17, 15) is 13.2 Å². The van der Waals surface area contributed by atoms with Gasteiger partial charge in [-0.15, -0.1) is 0 Å². The van der Waals surface area contributed by atoms with Crippen LogP contribution in [0.5, 0.6) is 0 Å². The summed E-state index contributed by atoms with van der Waals surface area (Å²) in [5.41, 5.74) is 2.03. The molecular weight excluding hydrogens is 303 g/mol. The maximum Gasteiger partial charge on any atom is 0.416 e. The molecule has 6 heteroatoms. The van der Waals surface area contributed by atoms with Gasteiger partial charge in [0.15, 0.2) is 0 Å². The molecule has 1 N–H and O–H groups in total. The number of fused-ring (bicyclic) bond motifs is 1. The first kappa shape index (κ1) is 15.3. The van der Waals surface area contributed by atoms with Crippen molar-refractivity contribution in [3.8, 4) is 0 Å². The third-order valence-corrected chi connectivity index (χ3v) is 3.47.